The SMILES string of the molecule is O=C(c1cccs1)N1CCC2(CC1)OCCN2S(=O)(=O)c1ccccc1. The highest BCUT2D eigenvalue weighted by atomic mass is 32.2. The Morgan fingerprint density at radius 1 is 1.04 bits per heavy atom. The zero-order valence-corrected chi connectivity index (χ0v) is 15.8. The van der Waals surface area contributed by atoms with E-state index >= 15 is 0 Å². The molecule has 0 saturated carbocycles. The number of hydrogen-bond donors (Lipinski definition) is 0. The Morgan fingerprint density at radius 2 is 1.77 bits per heavy atom. The number of sulfonamides is 1. The normalized spacial score (nSPS) is 20.5. The summed E-state index contributed by atoms with van der Waals surface area (Å²) in [5, 5.41) is 1.88. The minimum absolute atomic E-state index is 0.00492. The fraction of sp³-hybridized carbons (Fsp3) is 0.389. The first-order valence-corrected chi connectivity index (χ1v) is 10.9. The summed E-state index contributed by atoms with van der Waals surface area (Å²) in [5.74, 6) is 0.00492. The number of rotatable bonds is 3. The van der Waals surface area contributed by atoms with E-state index in [2.05, 4.69) is 0 Å². The van der Waals surface area contributed by atoms with Crippen molar-refractivity contribution >= 4 is 27.3 Å². The maximum absolute atomic E-state index is 13.1. The fourth-order valence-corrected chi connectivity index (χ4v) is 6.10. The maximum atomic E-state index is 13.1. The summed E-state index contributed by atoms with van der Waals surface area (Å²) in [5.41, 5.74) is -0.846. The minimum Gasteiger partial charge on any atom is -0.358 e. The Hall–Kier alpha value is -1.74. The summed E-state index contributed by atoms with van der Waals surface area (Å²) in [4.78, 5) is 15.3. The number of likely N-dealkylation sites (tertiary alicyclic amines) is 1. The fourth-order valence-electron chi connectivity index (χ4n) is 3.66. The molecular weight excluding hydrogens is 372 g/mol. The lowest BCUT2D eigenvalue weighted by Crippen LogP contribution is -2.55. The molecule has 0 N–H and O–H groups in total. The van der Waals surface area contributed by atoms with Crippen molar-refractivity contribution in [2.45, 2.75) is 23.5 Å². The first kappa shape index (κ1) is 17.7. The summed E-state index contributed by atoms with van der Waals surface area (Å²) >= 11 is 1.42. The van der Waals surface area contributed by atoms with Gasteiger partial charge in [0.2, 0.25) is 10.0 Å². The molecule has 138 valence electrons. The van der Waals surface area contributed by atoms with Crippen LogP contribution in [0, 0.1) is 0 Å². The highest BCUT2D eigenvalue weighted by Crippen LogP contribution is 2.38. The number of carbonyl (C=O) groups excluding carboxylic acids is 1. The lowest BCUT2D eigenvalue weighted by molar-refractivity contribution is -0.0856. The molecule has 0 radical (unpaired) electrons. The molecule has 8 heteroatoms. The molecule has 1 aromatic carbocycles. The van der Waals surface area contributed by atoms with E-state index in [-0.39, 0.29) is 10.8 Å². The molecule has 0 aliphatic carbocycles. The van der Waals surface area contributed by atoms with Crippen LogP contribution in [0.3, 0.4) is 0 Å². The van der Waals surface area contributed by atoms with Crippen LogP contribution in [0.2, 0.25) is 0 Å². The lowest BCUT2D eigenvalue weighted by Gasteiger charge is -2.42. The van der Waals surface area contributed by atoms with Gasteiger partial charge in [-0.2, -0.15) is 4.31 Å². The lowest BCUT2D eigenvalue weighted by atomic mass is 10.0. The van der Waals surface area contributed by atoms with Gasteiger partial charge in [0, 0.05) is 32.5 Å². The Labute approximate surface area is 157 Å². The van der Waals surface area contributed by atoms with E-state index in [0.717, 1.165) is 0 Å². The molecule has 0 atom stereocenters. The monoisotopic (exact) mass is 392 g/mol. The molecule has 26 heavy (non-hydrogen) atoms. The number of thiophene rings is 1. The third-order valence-electron chi connectivity index (χ3n) is 5.01. The van der Waals surface area contributed by atoms with Crippen LogP contribution in [-0.2, 0) is 14.8 Å². The Kier molecular flexibility index (Phi) is 4.60. The number of nitrogens with zero attached hydrogens (tertiary/aromatic N) is 2. The second-order valence-corrected chi connectivity index (χ2v) is 9.26. The number of piperidine rings is 1. The molecule has 1 aromatic heterocycles. The van der Waals surface area contributed by atoms with Crippen LogP contribution in [0.15, 0.2) is 52.7 Å². The number of ether oxygens (including phenoxy) is 1. The molecule has 0 unspecified atom stereocenters. The Balaban J connectivity index is 1.53. The van der Waals surface area contributed by atoms with Crippen LogP contribution in [-0.4, -0.2) is 55.5 Å². The quantitative estimate of drug-likeness (QED) is 0.805. The largest absolute Gasteiger partial charge is 0.358 e. The smallest absolute Gasteiger partial charge is 0.263 e. The van der Waals surface area contributed by atoms with Gasteiger partial charge < -0.3 is 9.64 Å². The Bertz CT molecular complexity index is 873. The summed E-state index contributed by atoms with van der Waals surface area (Å²) in [6, 6.07) is 12.1. The van der Waals surface area contributed by atoms with Crippen LogP contribution in [0.25, 0.3) is 0 Å². The van der Waals surface area contributed by atoms with Gasteiger partial charge in [0.25, 0.3) is 5.91 Å². The molecular formula is C18H20N2O4S2. The zero-order valence-electron chi connectivity index (χ0n) is 14.2. The van der Waals surface area contributed by atoms with E-state index in [1.54, 1.807) is 35.2 Å². The van der Waals surface area contributed by atoms with Gasteiger partial charge in [-0.25, -0.2) is 8.42 Å². The van der Waals surface area contributed by atoms with Crippen LogP contribution in [0.1, 0.15) is 22.5 Å². The second-order valence-electron chi connectivity index (χ2n) is 6.45. The predicted octanol–water partition coefficient (Wildman–Crippen LogP) is 2.40. The van der Waals surface area contributed by atoms with E-state index in [0.29, 0.717) is 44.0 Å². The van der Waals surface area contributed by atoms with Crippen LogP contribution in [0.4, 0.5) is 0 Å². The molecule has 4 rings (SSSR count). The number of benzene rings is 1. The molecule has 1 amide bonds. The van der Waals surface area contributed by atoms with Crippen molar-refractivity contribution in [1.29, 1.82) is 0 Å². The number of hydrogen-bond acceptors (Lipinski definition) is 5. The highest BCUT2D eigenvalue weighted by molar-refractivity contribution is 7.89. The third kappa shape index (κ3) is 2.96. The summed E-state index contributed by atoms with van der Waals surface area (Å²) in [6.45, 7) is 1.69. The first-order chi connectivity index (χ1) is 12.5. The second kappa shape index (κ2) is 6.77. The van der Waals surface area contributed by atoms with E-state index < -0.39 is 15.7 Å². The van der Waals surface area contributed by atoms with Crippen molar-refractivity contribution in [2.75, 3.05) is 26.2 Å². The van der Waals surface area contributed by atoms with Crippen molar-refractivity contribution in [1.82, 2.24) is 9.21 Å². The topological polar surface area (TPSA) is 66.9 Å². The van der Waals surface area contributed by atoms with Gasteiger partial charge in [-0.05, 0) is 23.6 Å². The number of amides is 1. The third-order valence-corrected chi connectivity index (χ3v) is 7.84. The predicted molar refractivity (Wildman–Crippen MR) is 98.5 cm³/mol. The van der Waals surface area contributed by atoms with Crippen molar-refractivity contribution in [3.05, 3.63) is 52.7 Å². The standard InChI is InChI=1S/C18H20N2O4S2/c21-17(16-7-4-14-25-16)19-10-8-18(9-11-19)20(12-13-24-18)26(22,23)15-5-2-1-3-6-15/h1-7,14H,8-13H2. The Morgan fingerprint density at radius 3 is 2.42 bits per heavy atom. The molecule has 6 nitrogen and oxygen atoms in total. The van der Waals surface area contributed by atoms with E-state index in [9.17, 15) is 13.2 Å². The summed E-state index contributed by atoms with van der Waals surface area (Å²) < 4.78 is 33.6. The molecule has 1 spiro atoms. The van der Waals surface area contributed by atoms with Crippen molar-refractivity contribution in [2.24, 2.45) is 0 Å². The zero-order chi connectivity index (χ0) is 18.2. The number of carbonyl (C=O) groups is 1. The summed E-state index contributed by atoms with van der Waals surface area (Å²) in [6.07, 6.45) is 0.965. The average molecular weight is 393 g/mol. The van der Waals surface area contributed by atoms with E-state index in [4.69, 9.17) is 4.74 Å². The van der Waals surface area contributed by atoms with Gasteiger partial charge in [0.1, 0.15) is 5.72 Å². The molecule has 2 aromatic rings. The van der Waals surface area contributed by atoms with Gasteiger partial charge >= 0.3 is 0 Å². The van der Waals surface area contributed by atoms with Gasteiger partial charge in [-0.15, -0.1) is 11.3 Å². The van der Waals surface area contributed by atoms with Crippen molar-refractivity contribution in [3.8, 4) is 0 Å². The molecule has 2 fully saturated rings. The van der Waals surface area contributed by atoms with Gasteiger partial charge in [-0.1, -0.05) is 24.3 Å². The van der Waals surface area contributed by atoms with Crippen molar-refractivity contribution < 1.29 is 17.9 Å². The van der Waals surface area contributed by atoms with Crippen LogP contribution >= 0.6 is 11.3 Å². The maximum Gasteiger partial charge on any atom is 0.263 e. The van der Waals surface area contributed by atoms with Gasteiger partial charge in [0.05, 0.1) is 16.4 Å². The molecule has 3 heterocycles. The highest BCUT2D eigenvalue weighted by Gasteiger charge is 2.50. The minimum atomic E-state index is -3.62. The average Bonchev–Trinajstić information content (AvgIpc) is 3.33. The molecule has 2 aliphatic heterocycles. The van der Waals surface area contributed by atoms with Crippen LogP contribution < -0.4 is 0 Å². The summed E-state index contributed by atoms with van der Waals surface area (Å²) in [7, 11) is -3.62. The molecule has 2 saturated heterocycles. The molecule has 2 aliphatic rings. The van der Waals surface area contributed by atoms with E-state index in [1.807, 2.05) is 17.5 Å². The molecule has 0 bridgehead atoms. The van der Waals surface area contributed by atoms with Gasteiger partial charge in [0.15, 0.2) is 0 Å². The first-order valence-electron chi connectivity index (χ1n) is 8.58. The van der Waals surface area contributed by atoms with Crippen molar-refractivity contribution in [3.63, 3.8) is 0 Å². The van der Waals surface area contributed by atoms with E-state index in [1.165, 1.54) is 15.6 Å². The van der Waals surface area contributed by atoms with Crippen LogP contribution in [0.5, 0.6) is 0 Å². The van der Waals surface area contributed by atoms with Gasteiger partial charge in [-0.3, -0.25) is 4.79 Å².